The molecule has 0 saturated carbocycles. The van der Waals surface area contributed by atoms with Crippen LogP contribution in [0.5, 0.6) is 0 Å². The molecule has 0 radical (unpaired) electrons. The molecule has 2 rings (SSSR count). The van der Waals surface area contributed by atoms with E-state index in [0.717, 1.165) is 18.7 Å². The first-order chi connectivity index (χ1) is 13.8. The van der Waals surface area contributed by atoms with Gasteiger partial charge in [-0.15, -0.1) is 0 Å². The summed E-state index contributed by atoms with van der Waals surface area (Å²) in [7, 11) is 3.58. The van der Waals surface area contributed by atoms with Gasteiger partial charge in [0, 0.05) is 31.4 Å². The van der Waals surface area contributed by atoms with Crippen molar-refractivity contribution in [1.82, 2.24) is 4.90 Å². The van der Waals surface area contributed by atoms with Gasteiger partial charge in [0.15, 0.2) is 6.29 Å². The molecule has 4 nitrogen and oxygen atoms in total. The molecule has 156 valence electrons. The second kappa shape index (κ2) is 10.7. The van der Waals surface area contributed by atoms with Crippen LogP contribution in [0, 0.1) is 0 Å². The fourth-order valence-corrected chi connectivity index (χ4v) is 3.25. The molecule has 0 bridgehead atoms. The summed E-state index contributed by atoms with van der Waals surface area (Å²) in [6, 6.07) is 15.6. The Balaban J connectivity index is 2.21. The summed E-state index contributed by atoms with van der Waals surface area (Å²) in [5.41, 5.74) is 2.74. The van der Waals surface area contributed by atoms with Crippen LogP contribution in [-0.2, 0) is 6.42 Å². The Kier molecular flexibility index (Phi) is 8.31. The van der Waals surface area contributed by atoms with E-state index in [1.807, 2.05) is 32.2 Å². The average Bonchev–Trinajstić information content (AvgIpc) is 2.71. The Hall–Kier alpha value is -2.76. The summed E-state index contributed by atoms with van der Waals surface area (Å²) in [5, 5.41) is 0. The van der Waals surface area contributed by atoms with Gasteiger partial charge in [0.05, 0.1) is 12.2 Å². The summed E-state index contributed by atoms with van der Waals surface area (Å²) in [6.45, 7) is 3.67. The molecule has 0 amide bonds. The van der Waals surface area contributed by atoms with Gasteiger partial charge in [-0.2, -0.15) is 0 Å². The summed E-state index contributed by atoms with van der Waals surface area (Å²) >= 11 is 0. The lowest BCUT2D eigenvalue weighted by molar-refractivity contribution is 0.112. The molecule has 0 aliphatic rings. The lowest BCUT2D eigenvalue weighted by Gasteiger charge is -2.29. The van der Waals surface area contributed by atoms with E-state index < -0.39 is 6.43 Å². The zero-order chi connectivity index (χ0) is 21.4. The van der Waals surface area contributed by atoms with Crippen LogP contribution in [0.3, 0.4) is 0 Å². The lowest BCUT2D eigenvalue weighted by Crippen LogP contribution is -2.36. The number of carbonyl (C=O) groups excluding carboxylic acids is 1. The van der Waals surface area contributed by atoms with Crippen LogP contribution in [0.15, 0.2) is 53.5 Å². The zero-order valence-corrected chi connectivity index (χ0v) is 17.5. The third-order valence-corrected chi connectivity index (χ3v) is 5.12. The van der Waals surface area contributed by atoms with E-state index in [2.05, 4.69) is 28.9 Å². The van der Waals surface area contributed by atoms with Crippen LogP contribution in [0.4, 0.5) is 20.2 Å². The molecule has 0 aliphatic carbocycles. The smallest absolute Gasteiger partial charge is 0.255 e. The Labute approximate surface area is 171 Å². The third-order valence-electron chi connectivity index (χ3n) is 5.12. The number of likely N-dealkylation sites (N-methyl/N-ethyl adjacent to an activating group) is 1. The Morgan fingerprint density at radius 3 is 2.41 bits per heavy atom. The number of hydrogen-bond acceptors (Lipinski definition) is 3. The van der Waals surface area contributed by atoms with E-state index in [1.165, 1.54) is 10.5 Å². The average molecular weight is 402 g/mol. The monoisotopic (exact) mass is 401 g/mol. The Morgan fingerprint density at radius 2 is 1.83 bits per heavy atom. The van der Waals surface area contributed by atoms with Crippen LogP contribution in [-0.4, -0.2) is 50.1 Å². The molecule has 0 aromatic heterocycles. The van der Waals surface area contributed by atoms with Crippen LogP contribution >= 0.6 is 0 Å². The molecule has 2 aromatic carbocycles. The van der Waals surface area contributed by atoms with Gasteiger partial charge in [-0.05, 0) is 43.5 Å². The minimum absolute atomic E-state index is 0.275. The summed E-state index contributed by atoms with van der Waals surface area (Å²) in [5.74, 6) is 0.796. The topological polar surface area (TPSA) is 35.9 Å². The standard InChI is InChI=1S/C23H29F2N3O/c1-5-20(13-18-9-7-6-8-10-18)28(4)17(2)26-22-12-11-21(14-19(22)16-29)27(3)15-23(24)25/h6-12,14,16,20,23H,5,13,15H2,1-4H3. The zero-order valence-electron chi connectivity index (χ0n) is 17.5. The second-order valence-electron chi connectivity index (χ2n) is 7.15. The number of hydrogen-bond donors (Lipinski definition) is 0. The number of aldehydes is 1. The fourth-order valence-electron chi connectivity index (χ4n) is 3.25. The van der Waals surface area contributed by atoms with Gasteiger partial charge in [0.1, 0.15) is 5.84 Å². The fraction of sp³-hybridized carbons (Fsp3) is 0.391. The molecule has 1 atom stereocenters. The number of halogens is 2. The maximum absolute atomic E-state index is 12.6. The highest BCUT2D eigenvalue weighted by molar-refractivity contribution is 5.90. The predicted octanol–water partition coefficient (Wildman–Crippen LogP) is 5.20. The van der Waals surface area contributed by atoms with Crippen molar-refractivity contribution in [2.75, 3.05) is 25.5 Å². The molecule has 0 spiro atoms. The molecule has 0 fully saturated rings. The Morgan fingerprint density at radius 1 is 1.14 bits per heavy atom. The molecule has 0 N–H and O–H groups in total. The van der Waals surface area contributed by atoms with Gasteiger partial charge in [0.2, 0.25) is 0 Å². The number of rotatable bonds is 9. The molecule has 0 saturated heterocycles. The van der Waals surface area contributed by atoms with Crippen molar-refractivity contribution in [2.45, 2.75) is 39.2 Å². The number of anilines is 1. The summed E-state index contributed by atoms with van der Waals surface area (Å²) < 4.78 is 25.2. The summed E-state index contributed by atoms with van der Waals surface area (Å²) in [4.78, 5) is 19.8. The van der Waals surface area contributed by atoms with E-state index in [9.17, 15) is 13.6 Å². The van der Waals surface area contributed by atoms with Gasteiger partial charge >= 0.3 is 0 Å². The van der Waals surface area contributed by atoms with Crippen LogP contribution in [0.25, 0.3) is 0 Å². The molecular weight excluding hydrogens is 372 g/mol. The van der Waals surface area contributed by atoms with Crippen molar-refractivity contribution in [3.63, 3.8) is 0 Å². The molecule has 2 aromatic rings. The van der Waals surface area contributed by atoms with E-state index >= 15 is 0 Å². The highest BCUT2D eigenvalue weighted by Crippen LogP contribution is 2.25. The van der Waals surface area contributed by atoms with Crippen molar-refractivity contribution in [2.24, 2.45) is 4.99 Å². The third kappa shape index (κ3) is 6.38. The molecular formula is C23H29F2N3O. The number of benzene rings is 2. The largest absolute Gasteiger partial charge is 0.369 e. The van der Waals surface area contributed by atoms with E-state index in [1.54, 1.807) is 25.2 Å². The van der Waals surface area contributed by atoms with Crippen molar-refractivity contribution < 1.29 is 13.6 Å². The number of carbonyl (C=O) groups is 1. The highest BCUT2D eigenvalue weighted by Gasteiger charge is 2.16. The minimum Gasteiger partial charge on any atom is -0.369 e. The van der Waals surface area contributed by atoms with Gasteiger partial charge < -0.3 is 9.80 Å². The number of nitrogens with zero attached hydrogens (tertiary/aromatic N) is 3. The first kappa shape index (κ1) is 22.5. The van der Waals surface area contributed by atoms with E-state index in [0.29, 0.717) is 23.2 Å². The van der Waals surface area contributed by atoms with Crippen LogP contribution < -0.4 is 4.90 Å². The molecule has 6 heteroatoms. The lowest BCUT2D eigenvalue weighted by atomic mass is 10.0. The normalized spacial score (nSPS) is 12.7. The molecule has 29 heavy (non-hydrogen) atoms. The van der Waals surface area contributed by atoms with E-state index in [4.69, 9.17) is 0 Å². The summed E-state index contributed by atoms with van der Waals surface area (Å²) in [6.07, 6.45) is 0.130. The highest BCUT2D eigenvalue weighted by atomic mass is 19.3. The number of alkyl halides is 2. The van der Waals surface area contributed by atoms with Crippen molar-refractivity contribution >= 4 is 23.5 Å². The van der Waals surface area contributed by atoms with Crippen LogP contribution in [0.1, 0.15) is 36.2 Å². The first-order valence-electron chi connectivity index (χ1n) is 9.76. The quantitative estimate of drug-likeness (QED) is 0.329. The van der Waals surface area contributed by atoms with Gasteiger partial charge in [-0.1, -0.05) is 37.3 Å². The number of amidine groups is 1. The predicted molar refractivity (Wildman–Crippen MR) is 116 cm³/mol. The van der Waals surface area contributed by atoms with Gasteiger partial charge in [-0.3, -0.25) is 4.79 Å². The van der Waals surface area contributed by atoms with Crippen molar-refractivity contribution in [1.29, 1.82) is 0 Å². The van der Waals surface area contributed by atoms with E-state index in [-0.39, 0.29) is 12.6 Å². The number of aliphatic imine (C=N–C) groups is 1. The maximum atomic E-state index is 12.6. The Bertz CT molecular complexity index is 824. The molecule has 1 unspecified atom stereocenters. The first-order valence-corrected chi connectivity index (χ1v) is 9.76. The minimum atomic E-state index is -2.44. The molecule has 0 aliphatic heterocycles. The van der Waals surface area contributed by atoms with Crippen LogP contribution in [0.2, 0.25) is 0 Å². The van der Waals surface area contributed by atoms with Crippen molar-refractivity contribution in [3.8, 4) is 0 Å². The SMILES string of the molecule is CCC(Cc1ccccc1)N(C)C(C)=Nc1ccc(N(C)CC(F)F)cc1C=O. The van der Waals surface area contributed by atoms with Gasteiger partial charge in [-0.25, -0.2) is 13.8 Å². The second-order valence-corrected chi connectivity index (χ2v) is 7.15. The van der Waals surface area contributed by atoms with Gasteiger partial charge in [0.25, 0.3) is 6.43 Å². The molecule has 0 heterocycles. The van der Waals surface area contributed by atoms with Crippen molar-refractivity contribution in [3.05, 3.63) is 59.7 Å². The maximum Gasteiger partial charge on any atom is 0.255 e.